The summed E-state index contributed by atoms with van der Waals surface area (Å²) in [7, 11) is -0.525. The van der Waals surface area contributed by atoms with Gasteiger partial charge in [0, 0.05) is 19.4 Å². The molecule has 160 valence electrons. The molecule has 1 rings (SSSR count). The highest BCUT2D eigenvalue weighted by molar-refractivity contribution is 6.74. The highest BCUT2D eigenvalue weighted by Crippen LogP contribution is 2.36. The fraction of sp³-hybridized carbons (Fsp3) is 0.722. The van der Waals surface area contributed by atoms with Crippen molar-refractivity contribution >= 4 is 14.6 Å². The first-order valence-electron chi connectivity index (χ1n) is 9.14. The Labute approximate surface area is 166 Å². The largest absolute Gasteiger partial charge is 0.414 e. The van der Waals surface area contributed by atoms with Gasteiger partial charge in [0.05, 0.1) is 26.4 Å². The Morgan fingerprint density at radius 2 is 1.89 bits per heavy atom. The quantitative estimate of drug-likeness (QED) is 0.311. The number of methoxy groups -OCH3 is 1. The van der Waals surface area contributed by atoms with E-state index >= 15 is 0 Å². The number of aldehydes is 1. The fourth-order valence-corrected chi connectivity index (χ4v) is 3.00. The molecule has 0 aromatic carbocycles. The molecule has 1 aromatic rings. The maximum Gasteiger partial charge on any atom is 0.330 e. The van der Waals surface area contributed by atoms with Crippen LogP contribution >= 0.6 is 0 Å². The molecule has 0 unspecified atom stereocenters. The second-order valence-electron chi connectivity index (χ2n) is 7.92. The molecular weight excluding hydrogens is 384 g/mol. The molecule has 0 amide bonds. The highest BCUT2D eigenvalue weighted by Gasteiger charge is 2.38. The molecule has 2 atom stereocenters. The molecule has 0 bridgehead atoms. The summed E-state index contributed by atoms with van der Waals surface area (Å²) < 4.78 is 23.4. The Hall–Kier alpha value is -1.59. The fourth-order valence-electron chi connectivity index (χ4n) is 1.99. The number of ether oxygens (including phenoxy) is 3. The van der Waals surface area contributed by atoms with Gasteiger partial charge in [-0.3, -0.25) is 14.3 Å². The van der Waals surface area contributed by atoms with E-state index in [2.05, 4.69) is 38.8 Å². The van der Waals surface area contributed by atoms with Crippen molar-refractivity contribution in [2.24, 2.45) is 0 Å². The zero-order valence-corrected chi connectivity index (χ0v) is 18.5. The van der Waals surface area contributed by atoms with E-state index in [4.69, 9.17) is 18.6 Å². The minimum atomic E-state index is -2.07. The van der Waals surface area contributed by atoms with Crippen LogP contribution in [0.25, 0.3) is 0 Å². The summed E-state index contributed by atoms with van der Waals surface area (Å²) in [4.78, 5) is 37.2. The predicted molar refractivity (Wildman–Crippen MR) is 107 cm³/mol. The molecule has 9 nitrogen and oxygen atoms in total. The molecule has 1 N–H and O–H groups in total. The van der Waals surface area contributed by atoms with Crippen LogP contribution < -0.4 is 11.2 Å². The van der Waals surface area contributed by atoms with E-state index in [1.165, 1.54) is 16.8 Å². The van der Waals surface area contributed by atoms with Crippen molar-refractivity contribution in [1.29, 1.82) is 0 Å². The molecule has 0 fully saturated rings. The number of aromatic nitrogens is 2. The average molecular weight is 417 g/mol. The molecule has 0 saturated carbocycles. The number of nitrogens with one attached hydrogen (secondary N) is 1. The van der Waals surface area contributed by atoms with Gasteiger partial charge in [-0.15, -0.1) is 0 Å². The number of nitrogens with zero attached hydrogens (tertiary/aromatic N) is 1. The maximum atomic E-state index is 12.1. The Bertz CT molecular complexity index is 724. The van der Waals surface area contributed by atoms with E-state index in [1.54, 1.807) is 7.11 Å². The SMILES string of the molecule is COCCOC[C@@H](O[C@H](C=O)CO[Si](C)(C)C(C)(C)C)n1ccc(=O)[nH]c1=O. The third-order valence-electron chi connectivity index (χ3n) is 4.75. The molecule has 0 aliphatic heterocycles. The molecule has 1 aromatic heterocycles. The number of hydrogen-bond donors (Lipinski definition) is 1. The molecular formula is C18H32N2O7Si. The van der Waals surface area contributed by atoms with E-state index in [0.29, 0.717) is 19.5 Å². The summed E-state index contributed by atoms with van der Waals surface area (Å²) in [6, 6.07) is 1.20. The van der Waals surface area contributed by atoms with Gasteiger partial charge in [-0.25, -0.2) is 4.79 Å². The minimum absolute atomic E-state index is 0.000255. The third-order valence-corrected chi connectivity index (χ3v) is 9.25. The van der Waals surface area contributed by atoms with Crippen molar-refractivity contribution < 1.29 is 23.4 Å². The van der Waals surface area contributed by atoms with Crippen LogP contribution in [0.2, 0.25) is 18.1 Å². The van der Waals surface area contributed by atoms with Crippen LogP contribution in [0.15, 0.2) is 21.9 Å². The maximum absolute atomic E-state index is 12.1. The van der Waals surface area contributed by atoms with Gasteiger partial charge < -0.3 is 23.4 Å². The number of H-pyrrole nitrogens is 1. The topological polar surface area (TPSA) is 109 Å². The Balaban J connectivity index is 2.91. The predicted octanol–water partition coefficient (Wildman–Crippen LogP) is 1.30. The van der Waals surface area contributed by atoms with E-state index in [-0.39, 0.29) is 18.3 Å². The zero-order chi connectivity index (χ0) is 21.4. The van der Waals surface area contributed by atoms with Crippen molar-refractivity contribution in [2.45, 2.75) is 51.2 Å². The standard InChI is InChI=1S/C18H32N2O7Si/c1-18(2,3)28(5,6)26-12-14(11-21)27-16(13-25-10-9-24-4)20-8-7-15(22)19-17(20)23/h7-8,11,14,16H,9-10,12-13H2,1-6H3,(H,19,22,23)/t14-,16-/m1/s1. The minimum Gasteiger partial charge on any atom is -0.414 e. The second kappa shape index (κ2) is 10.8. The molecule has 0 saturated heterocycles. The lowest BCUT2D eigenvalue weighted by Crippen LogP contribution is -2.44. The van der Waals surface area contributed by atoms with Gasteiger partial charge in [-0.1, -0.05) is 20.8 Å². The molecule has 28 heavy (non-hydrogen) atoms. The van der Waals surface area contributed by atoms with E-state index < -0.39 is 31.9 Å². The lowest BCUT2D eigenvalue weighted by Gasteiger charge is -2.37. The first-order chi connectivity index (χ1) is 13.0. The monoisotopic (exact) mass is 416 g/mol. The summed E-state index contributed by atoms with van der Waals surface area (Å²) in [5, 5.41) is -0.0149. The lowest BCUT2D eigenvalue weighted by molar-refractivity contribution is -0.138. The summed E-state index contributed by atoms with van der Waals surface area (Å²) in [5.41, 5.74) is -1.17. The van der Waals surface area contributed by atoms with Gasteiger partial charge in [-0.05, 0) is 18.1 Å². The van der Waals surface area contributed by atoms with Crippen molar-refractivity contribution in [1.82, 2.24) is 9.55 Å². The Kier molecular flexibility index (Phi) is 9.44. The van der Waals surface area contributed by atoms with E-state index in [0.717, 1.165) is 0 Å². The van der Waals surface area contributed by atoms with Gasteiger partial charge >= 0.3 is 5.69 Å². The van der Waals surface area contributed by atoms with Crippen molar-refractivity contribution in [3.8, 4) is 0 Å². The molecule has 0 aliphatic carbocycles. The Morgan fingerprint density at radius 3 is 2.43 bits per heavy atom. The third kappa shape index (κ3) is 7.44. The molecule has 0 aliphatic rings. The van der Waals surface area contributed by atoms with Gasteiger partial charge in [0.15, 0.2) is 20.8 Å². The number of rotatable bonds is 12. The van der Waals surface area contributed by atoms with E-state index in [1.807, 2.05) is 0 Å². The van der Waals surface area contributed by atoms with Gasteiger partial charge in [-0.2, -0.15) is 0 Å². The number of carbonyl (C=O) groups is 1. The smallest absolute Gasteiger partial charge is 0.330 e. The second-order valence-corrected chi connectivity index (χ2v) is 12.7. The molecule has 1 heterocycles. The van der Waals surface area contributed by atoms with Crippen LogP contribution in [0, 0.1) is 0 Å². The first-order valence-corrected chi connectivity index (χ1v) is 12.1. The summed E-state index contributed by atoms with van der Waals surface area (Å²) in [5.74, 6) is 0. The summed E-state index contributed by atoms with van der Waals surface area (Å²) in [6.45, 7) is 11.2. The van der Waals surface area contributed by atoms with Crippen LogP contribution in [0.4, 0.5) is 0 Å². The zero-order valence-electron chi connectivity index (χ0n) is 17.5. The van der Waals surface area contributed by atoms with Gasteiger partial charge in [0.2, 0.25) is 0 Å². The van der Waals surface area contributed by atoms with Crippen LogP contribution in [0.3, 0.4) is 0 Å². The van der Waals surface area contributed by atoms with E-state index in [9.17, 15) is 14.4 Å². The van der Waals surface area contributed by atoms with Crippen molar-refractivity contribution in [3.63, 3.8) is 0 Å². The summed E-state index contributed by atoms with van der Waals surface area (Å²) >= 11 is 0. The lowest BCUT2D eigenvalue weighted by atomic mass is 10.2. The number of hydrogen-bond acceptors (Lipinski definition) is 7. The van der Waals surface area contributed by atoms with Crippen LogP contribution in [-0.2, 0) is 23.4 Å². The van der Waals surface area contributed by atoms with Crippen LogP contribution in [0.5, 0.6) is 0 Å². The van der Waals surface area contributed by atoms with Crippen molar-refractivity contribution in [2.75, 3.05) is 33.5 Å². The van der Waals surface area contributed by atoms with Crippen LogP contribution in [0.1, 0.15) is 27.0 Å². The first kappa shape index (κ1) is 24.4. The van der Waals surface area contributed by atoms with Crippen molar-refractivity contribution in [3.05, 3.63) is 33.1 Å². The molecule has 0 radical (unpaired) electrons. The molecule has 10 heteroatoms. The van der Waals surface area contributed by atoms with Gasteiger partial charge in [0.1, 0.15) is 6.10 Å². The number of aromatic amines is 1. The Morgan fingerprint density at radius 1 is 1.21 bits per heavy atom. The average Bonchev–Trinajstić information content (AvgIpc) is 2.60. The molecule has 0 spiro atoms. The number of carbonyl (C=O) groups excluding carboxylic acids is 1. The van der Waals surface area contributed by atoms with Gasteiger partial charge in [0.25, 0.3) is 5.56 Å². The van der Waals surface area contributed by atoms with Crippen LogP contribution in [-0.4, -0.2) is 63.8 Å². The summed E-state index contributed by atoms with van der Waals surface area (Å²) in [6.07, 6.45) is 0.164. The highest BCUT2D eigenvalue weighted by atomic mass is 28.4. The normalized spacial score (nSPS) is 14.6.